The molecule has 140 valence electrons. The molecule has 3 rings (SSSR count). The Morgan fingerprint density at radius 3 is 2.54 bits per heavy atom. The molecule has 2 aromatic rings. The summed E-state index contributed by atoms with van der Waals surface area (Å²) in [6.07, 6.45) is 2.42. The van der Waals surface area contributed by atoms with Gasteiger partial charge in [-0.2, -0.15) is 0 Å². The van der Waals surface area contributed by atoms with Crippen LogP contribution in [0.3, 0.4) is 0 Å². The molecule has 0 atom stereocenters. The average Bonchev–Trinajstić information content (AvgIpc) is 3.07. The molecular formula is C20H25BrN2O2S. The highest BCUT2D eigenvalue weighted by atomic mass is 79.9. The molecule has 6 heteroatoms. The Morgan fingerprint density at radius 1 is 1.12 bits per heavy atom. The Hall–Kier alpha value is -1.21. The zero-order valence-electron chi connectivity index (χ0n) is 14.9. The summed E-state index contributed by atoms with van der Waals surface area (Å²) in [5, 5.41) is 3.02. The minimum atomic E-state index is 0.123. The molecule has 4 nitrogen and oxygen atoms in total. The first-order valence-corrected chi connectivity index (χ1v) is 10.7. The van der Waals surface area contributed by atoms with Crippen molar-refractivity contribution < 1.29 is 9.53 Å². The first-order chi connectivity index (χ1) is 12.7. The molecule has 1 amide bonds. The Morgan fingerprint density at radius 2 is 1.85 bits per heavy atom. The highest BCUT2D eigenvalue weighted by molar-refractivity contribution is 9.11. The zero-order chi connectivity index (χ0) is 18.2. The SMILES string of the molecule is O=C(CCCc1ccc(Br)s1)NCc1ccc(CN2CCOCC2)cc1. The van der Waals surface area contributed by atoms with Crippen LogP contribution in [0.5, 0.6) is 0 Å². The highest BCUT2D eigenvalue weighted by Crippen LogP contribution is 2.23. The molecule has 1 aromatic carbocycles. The van der Waals surface area contributed by atoms with E-state index in [1.54, 1.807) is 11.3 Å². The number of hydrogen-bond donors (Lipinski definition) is 1. The van der Waals surface area contributed by atoms with Crippen LogP contribution in [-0.2, 0) is 29.0 Å². The van der Waals surface area contributed by atoms with E-state index in [4.69, 9.17) is 4.74 Å². The van der Waals surface area contributed by atoms with Crippen molar-refractivity contribution in [2.75, 3.05) is 26.3 Å². The van der Waals surface area contributed by atoms with Crippen molar-refractivity contribution in [1.82, 2.24) is 10.2 Å². The molecule has 2 heterocycles. The summed E-state index contributed by atoms with van der Waals surface area (Å²) >= 11 is 5.21. The van der Waals surface area contributed by atoms with Crippen LogP contribution in [0, 0.1) is 0 Å². The van der Waals surface area contributed by atoms with Gasteiger partial charge in [0.15, 0.2) is 0 Å². The van der Waals surface area contributed by atoms with Crippen LogP contribution >= 0.6 is 27.3 Å². The molecule has 1 saturated heterocycles. The van der Waals surface area contributed by atoms with Crippen LogP contribution in [-0.4, -0.2) is 37.1 Å². The number of nitrogens with zero attached hydrogens (tertiary/aromatic N) is 1. The van der Waals surface area contributed by atoms with Crippen molar-refractivity contribution in [3.8, 4) is 0 Å². The van der Waals surface area contributed by atoms with Gasteiger partial charge in [0.05, 0.1) is 17.0 Å². The third-order valence-electron chi connectivity index (χ3n) is 4.48. The van der Waals surface area contributed by atoms with Gasteiger partial charge in [0.2, 0.25) is 5.91 Å². The molecular weight excluding hydrogens is 412 g/mol. The predicted octanol–water partition coefficient (Wildman–Crippen LogP) is 3.98. The van der Waals surface area contributed by atoms with E-state index in [-0.39, 0.29) is 5.91 Å². The van der Waals surface area contributed by atoms with Gasteiger partial charge in [0.1, 0.15) is 0 Å². The lowest BCUT2D eigenvalue weighted by Crippen LogP contribution is -2.35. The maximum Gasteiger partial charge on any atom is 0.220 e. The van der Waals surface area contributed by atoms with E-state index >= 15 is 0 Å². The van der Waals surface area contributed by atoms with Crippen LogP contribution in [0.25, 0.3) is 0 Å². The lowest BCUT2D eigenvalue weighted by Gasteiger charge is -2.26. The van der Waals surface area contributed by atoms with Crippen LogP contribution in [0.2, 0.25) is 0 Å². The van der Waals surface area contributed by atoms with Gasteiger partial charge in [0, 0.05) is 37.5 Å². The first kappa shape index (κ1) is 19.5. The van der Waals surface area contributed by atoms with Crippen molar-refractivity contribution in [2.24, 2.45) is 0 Å². The monoisotopic (exact) mass is 436 g/mol. The van der Waals surface area contributed by atoms with Gasteiger partial charge in [0.25, 0.3) is 0 Å². The molecule has 1 aliphatic rings. The van der Waals surface area contributed by atoms with Crippen LogP contribution in [0.4, 0.5) is 0 Å². The lowest BCUT2D eigenvalue weighted by molar-refractivity contribution is -0.121. The van der Waals surface area contributed by atoms with Crippen molar-refractivity contribution in [3.63, 3.8) is 0 Å². The summed E-state index contributed by atoms with van der Waals surface area (Å²) in [6.45, 7) is 5.22. The predicted molar refractivity (Wildman–Crippen MR) is 109 cm³/mol. The average molecular weight is 437 g/mol. The number of carbonyl (C=O) groups is 1. The number of thiophene rings is 1. The molecule has 1 aliphatic heterocycles. The van der Waals surface area contributed by atoms with Crippen LogP contribution in [0.1, 0.15) is 28.8 Å². The van der Waals surface area contributed by atoms with Crippen LogP contribution < -0.4 is 5.32 Å². The fourth-order valence-electron chi connectivity index (χ4n) is 2.98. The van der Waals surface area contributed by atoms with E-state index in [0.717, 1.165) is 55.0 Å². The van der Waals surface area contributed by atoms with Crippen molar-refractivity contribution >= 4 is 33.2 Å². The third-order valence-corrected chi connectivity index (χ3v) is 6.16. The quantitative estimate of drug-likeness (QED) is 0.680. The number of halogens is 1. The number of ether oxygens (including phenoxy) is 1. The van der Waals surface area contributed by atoms with E-state index in [2.05, 4.69) is 62.5 Å². The van der Waals surface area contributed by atoms with Crippen molar-refractivity contribution in [3.05, 3.63) is 56.2 Å². The number of aryl methyl sites for hydroxylation is 1. The molecule has 0 aliphatic carbocycles. The third kappa shape index (κ3) is 6.50. The summed E-state index contributed by atoms with van der Waals surface area (Å²) in [7, 11) is 0. The minimum Gasteiger partial charge on any atom is -0.379 e. The van der Waals surface area contributed by atoms with Gasteiger partial charge in [-0.3, -0.25) is 9.69 Å². The number of amides is 1. The summed E-state index contributed by atoms with van der Waals surface area (Å²) in [5.74, 6) is 0.123. The second-order valence-electron chi connectivity index (χ2n) is 6.54. The standard InChI is InChI=1S/C20H25BrN2O2S/c21-19-9-8-18(26-19)2-1-3-20(24)22-14-16-4-6-17(7-5-16)15-23-10-12-25-13-11-23/h4-9H,1-3,10-15H2,(H,22,24). The van der Waals surface area contributed by atoms with E-state index in [1.807, 2.05) is 0 Å². The number of carbonyl (C=O) groups excluding carboxylic acids is 1. The fraction of sp³-hybridized carbons (Fsp3) is 0.450. The summed E-state index contributed by atoms with van der Waals surface area (Å²) < 4.78 is 6.53. The molecule has 0 radical (unpaired) electrons. The number of hydrogen-bond acceptors (Lipinski definition) is 4. The molecule has 1 aromatic heterocycles. The van der Waals surface area contributed by atoms with Crippen molar-refractivity contribution in [1.29, 1.82) is 0 Å². The maximum absolute atomic E-state index is 12.0. The number of benzene rings is 1. The summed E-state index contributed by atoms with van der Waals surface area (Å²) in [6, 6.07) is 12.7. The second-order valence-corrected chi connectivity index (χ2v) is 9.09. The van der Waals surface area contributed by atoms with E-state index < -0.39 is 0 Å². The van der Waals surface area contributed by atoms with Gasteiger partial charge >= 0.3 is 0 Å². The smallest absolute Gasteiger partial charge is 0.220 e. The molecule has 0 saturated carbocycles. The van der Waals surface area contributed by atoms with E-state index in [0.29, 0.717) is 13.0 Å². The molecule has 26 heavy (non-hydrogen) atoms. The van der Waals surface area contributed by atoms with Gasteiger partial charge in [-0.25, -0.2) is 0 Å². The maximum atomic E-state index is 12.0. The Balaban J connectivity index is 1.35. The normalized spacial score (nSPS) is 15.1. The molecule has 0 unspecified atom stereocenters. The first-order valence-electron chi connectivity index (χ1n) is 9.08. The van der Waals surface area contributed by atoms with E-state index in [1.165, 1.54) is 10.4 Å². The number of rotatable bonds is 8. The Kier molecular flexibility index (Phi) is 7.68. The minimum absolute atomic E-state index is 0.123. The molecule has 1 N–H and O–H groups in total. The summed E-state index contributed by atoms with van der Waals surface area (Å²) in [5.41, 5.74) is 2.45. The molecule has 0 bridgehead atoms. The Labute approximate surface area is 167 Å². The fourth-order valence-corrected chi connectivity index (χ4v) is 4.50. The number of nitrogens with one attached hydrogen (secondary N) is 1. The van der Waals surface area contributed by atoms with Gasteiger partial charge in [-0.15, -0.1) is 11.3 Å². The molecule has 1 fully saturated rings. The number of morpholine rings is 1. The van der Waals surface area contributed by atoms with Crippen LogP contribution in [0.15, 0.2) is 40.2 Å². The topological polar surface area (TPSA) is 41.6 Å². The van der Waals surface area contributed by atoms with Crippen molar-refractivity contribution in [2.45, 2.75) is 32.4 Å². The Bertz CT molecular complexity index is 696. The van der Waals surface area contributed by atoms with Gasteiger partial charge in [-0.05, 0) is 52.0 Å². The highest BCUT2D eigenvalue weighted by Gasteiger charge is 2.10. The van der Waals surface area contributed by atoms with Gasteiger partial charge < -0.3 is 10.1 Å². The molecule has 0 spiro atoms. The van der Waals surface area contributed by atoms with Gasteiger partial charge in [-0.1, -0.05) is 24.3 Å². The van der Waals surface area contributed by atoms with E-state index in [9.17, 15) is 4.79 Å². The summed E-state index contributed by atoms with van der Waals surface area (Å²) in [4.78, 5) is 15.7. The second kappa shape index (κ2) is 10.2. The lowest BCUT2D eigenvalue weighted by atomic mass is 10.1. The zero-order valence-corrected chi connectivity index (χ0v) is 17.3. The largest absolute Gasteiger partial charge is 0.379 e.